The van der Waals surface area contributed by atoms with Crippen molar-refractivity contribution in [3.8, 4) is 5.75 Å². The van der Waals surface area contributed by atoms with E-state index in [1.165, 1.54) is 28.8 Å². The van der Waals surface area contributed by atoms with Crippen LogP contribution in [0.1, 0.15) is 31.7 Å². The smallest absolute Gasteiger partial charge is 0.232 e. The predicted octanol–water partition coefficient (Wildman–Crippen LogP) is 5.56. The number of sulfonamides is 1. The van der Waals surface area contributed by atoms with Gasteiger partial charge in [-0.15, -0.1) is 0 Å². The molecule has 2 N–H and O–H groups in total. The number of hydrogen-bond donors (Lipinski definition) is 2. The topological polar surface area (TPSA) is 129 Å². The van der Waals surface area contributed by atoms with Gasteiger partial charge >= 0.3 is 0 Å². The van der Waals surface area contributed by atoms with Crippen LogP contribution in [0.3, 0.4) is 0 Å². The monoisotopic (exact) mass is 697 g/mol. The summed E-state index contributed by atoms with van der Waals surface area (Å²) in [5, 5.41) is 6.64. The molecule has 0 amide bonds. The van der Waals surface area contributed by atoms with Crippen LogP contribution in [0.4, 0.5) is 34.5 Å². The van der Waals surface area contributed by atoms with E-state index < -0.39 is 10.0 Å². The zero-order valence-corrected chi connectivity index (χ0v) is 28.9. The Bertz CT molecular complexity index is 1780. The molecule has 4 aromatic rings. The summed E-state index contributed by atoms with van der Waals surface area (Å²) in [6.45, 7) is 4.18. The van der Waals surface area contributed by atoms with Gasteiger partial charge in [0.15, 0.2) is 0 Å². The van der Waals surface area contributed by atoms with Crippen LogP contribution in [-0.4, -0.2) is 86.9 Å². The number of anilines is 6. The van der Waals surface area contributed by atoms with Crippen molar-refractivity contribution in [3.05, 3.63) is 52.9 Å². The first-order valence-electron chi connectivity index (χ1n) is 14.9. The first kappa shape index (κ1) is 32.6. The number of aryl methyl sites for hydroxylation is 1. The van der Waals surface area contributed by atoms with E-state index in [0.717, 1.165) is 50.7 Å². The van der Waals surface area contributed by atoms with Crippen LogP contribution in [-0.2, 0) is 16.4 Å². The van der Waals surface area contributed by atoms with Crippen LogP contribution >= 0.6 is 15.9 Å². The highest BCUT2D eigenvalue weighted by Crippen LogP contribution is 2.39. The number of halogens is 1. The SMILES string of the molecule is CCCc1cc(Nc2ncc(Br)c(Nc3ccc4nccnc4c3N(C)S(C)(=O)=O)n2)c(OC)cc1N1CCC(N(C)C)CC1. The van der Waals surface area contributed by atoms with Gasteiger partial charge in [-0.05, 0) is 73.1 Å². The van der Waals surface area contributed by atoms with Gasteiger partial charge in [-0.25, -0.2) is 13.4 Å². The zero-order chi connectivity index (χ0) is 32.3. The minimum atomic E-state index is -3.61. The molecule has 45 heavy (non-hydrogen) atoms. The Morgan fingerprint density at radius 3 is 2.44 bits per heavy atom. The molecule has 1 aliphatic heterocycles. The normalized spacial score (nSPS) is 14.2. The van der Waals surface area contributed by atoms with Crippen LogP contribution in [0.25, 0.3) is 11.0 Å². The molecule has 0 unspecified atom stereocenters. The van der Waals surface area contributed by atoms with E-state index in [-0.39, 0.29) is 0 Å². The molecular formula is C31H40BrN9O3S. The maximum atomic E-state index is 12.6. The quantitative estimate of drug-likeness (QED) is 0.205. The van der Waals surface area contributed by atoms with Crippen molar-refractivity contribution >= 4 is 71.5 Å². The third-order valence-electron chi connectivity index (χ3n) is 8.13. The van der Waals surface area contributed by atoms with E-state index in [2.05, 4.69) is 84.5 Å². The third-order valence-corrected chi connectivity index (χ3v) is 9.88. The molecule has 2 aromatic carbocycles. The van der Waals surface area contributed by atoms with Gasteiger partial charge in [0.05, 0.1) is 34.7 Å². The molecule has 5 rings (SSSR count). The number of rotatable bonds is 11. The molecule has 0 bridgehead atoms. The largest absolute Gasteiger partial charge is 0.494 e. The van der Waals surface area contributed by atoms with Gasteiger partial charge in [-0.2, -0.15) is 4.98 Å². The Labute approximate surface area is 273 Å². The number of hydrogen-bond acceptors (Lipinski definition) is 11. The van der Waals surface area contributed by atoms with E-state index in [1.807, 2.05) is 0 Å². The summed E-state index contributed by atoms with van der Waals surface area (Å²) < 4.78 is 32.8. The average Bonchev–Trinajstić information content (AvgIpc) is 3.02. The Kier molecular flexibility index (Phi) is 9.94. The Morgan fingerprint density at radius 1 is 1.04 bits per heavy atom. The molecule has 1 aliphatic rings. The van der Waals surface area contributed by atoms with Crippen LogP contribution in [0.15, 0.2) is 47.3 Å². The highest BCUT2D eigenvalue weighted by molar-refractivity contribution is 9.10. The predicted molar refractivity (Wildman–Crippen MR) is 185 cm³/mol. The maximum Gasteiger partial charge on any atom is 0.232 e. The number of methoxy groups -OCH3 is 1. The summed E-state index contributed by atoms with van der Waals surface area (Å²) in [6, 6.07) is 8.39. The number of nitrogens with zero attached hydrogens (tertiary/aromatic N) is 7. The van der Waals surface area contributed by atoms with Crippen molar-refractivity contribution in [2.75, 3.05) is 67.4 Å². The molecule has 0 radical (unpaired) electrons. The first-order chi connectivity index (χ1) is 21.5. The van der Waals surface area contributed by atoms with Crippen molar-refractivity contribution in [1.29, 1.82) is 0 Å². The van der Waals surface area contributed by atoms with Crippen LogP contribution in [0.5, 0.6) is 5.75 Å². The molecular weight excluding hydrogens is 658 g/mol. The molecule has 0 aliphatic carbocycles. The number of benzene rings is 2. The van der Waals surface area contributed by atoms with Crippen molar-refractivity contribution in [2.24, 2.45) is 0 Å². The van der Waals surface area contributed by atoms with E-state index in [0.29, 0.717) is 50.4 Å². The molecule has 1 saturated heterocycles. The van der Waals surface area contributed by atoms with Gasteiger partial charge in [-0.3, -0.25) is 14.3 Å². The van der Waals surface area contributed by atoms with E-state index in [9.17, 15) is 8.42 Å². The fourth-order valence-electron chi connectivity index (χ4n) is 5.64. The second kappa shape index (κ2) is 13.7. The lowest BCUT2D eigenvalue weighted by Gasteiger charge is -2.37. The number of fused-ring (bicyclic) bond motifs is 1. The maximum absolute atomic E-state index is 12.6. The van der Waals surface area contributed by atoms with Crippen LogP contribution in [0.2, 0.25) is 0 Å². The zero-order valence-electron chi connectivity index (χ0n) is 26.5. The lowest BCUT2D eigenvalue weighted by molar-refractivity contribution is 0.249. The van der Waals surface area contributed by atoms with Gasteiger partial charge in [0.2, 0.25) is 16.0 Å². The molecule has 240 valence electrons. The van der Waals surface area contributed by atoms with Gasteiger partial charge in [0.25, 0.3) is 0 Å². The highest BCUT2D eigenvalue weighted by atomic mass is 79.9. The third kappa shape index (κ3) is 7.23. The van der Waals surface area contributed by atoms with Gasteiger partial charge < -0.3 is 25.2 Å². The standard InChI is InChI=1S/C31H40BrN9O3S/c1-7-8-20-17-25(27(44-5)18-26(20)41-15-11-21(12-16-41)39(2)3)37-31-35-19-22(32)30(38-31)36-24-10-9-23-28(34-14-13-33-23)29(24)40(4)45(6,42)43/h9-10,13-14,17-19,21H,7-8,11-12,15-16H2,1-6H3,(H2,35,36,37,38). The van der Waals surface area contributed by atoms with Crippen molar-refractivity contribution in [1.82, 2.24) is 24.8 Å². The molecule has 12 nitrogen and oxygen atoms in total. The second-order valence-corrected chi connectivity index (χ2v) is 14.2. The fraction of sp³-hybridized carbons (Fsp3) is 0.419. The van der Waals surface area contributed by atoms with Crippen molar-refractivity contribution in [2.45, 2.75) is 38.6 Å². The average molecular weight is 699 g/mol. The highest BCUT2D eigenvalue weighted by Gasteiger charge is 2.25. The van der Waals surface area contributed by atoms with Crippen LogP contribution in [0, 0.1) is 0 Å². The molecule has 0 saturated carbocycles. The fourth-order valence-corrected chi connectivity index (χ4v) is 6.44. The molecule has 0 atom stereocenters. The Morgan fingerprint density at radius 2 is 1.78 bits per heavy atom. The lowest BCUT2D eigenvalue weighted by atomic mass is 10.00. The van der Waals surface area contributed by atoms with Gasteiger partial charge in [0.1, 0.15) is 22.8 Å². The summed E-state index contributed by atoms with van der Waals surface area (Å²) in [7, 11) is 3.85. The van der Waals surface area contributed by atoms with Crippen LogP contribution < -0.4 is 24.6 Å². The number of aromatic nitrogens is 4. The Hall–Kier alpha value is -3.75. The minimum Gasteiger partial charge on any atom is -0.494 e. The molecule has 2 aromatic heterocycles. The van der Waals surface area contributed by atoms with Crippen molar-refractivity contribution in [3.63, 3.8) is 0 Å². The molecule has 14 heteroatoms. The summed E-state index contributed by atoms with van der Waals surface area (Å²) in [4.78, 5) is 22.8. The first-order valence-corrected chi connectivity index (χ1v) is 17.5. The number of ether oxygens (including phenoxy) is 1. The van der Waals surface area contributed by atoms with E-state index in [1.54, 1.807) is 31.6 Å². The molecule has 3 heterocycles. The summed E-state index contributed by atoms with van der Waals surface area (Å²) >= 11 is 3.54. The molecule has 1 fully saturated rings. The minimum absolute atomic E-state index is 0.347. The number of piperidine rings is 1. The van der Waals surface area contributed by atoms with E-state index >= 15 is 0 Å². The lowest BCUT2D eigenvalue weighted by Crippen LogP contribution is -2.42. The Balaban J connectivity index is 1.47. The van der Waals surface area contributed by atoms with Crippen molar-refractivity contribution < 1.29 is 13.2 Å². The summed E-state index contributed by atoms with van der Waals surface area (Å²) in [5.41, 5.74) is 5.07. The number of nitrogens with one attached hydrogen (secondary N) is 2. The van der Waals surface area contributed by atoms with Gasteiger partial charge in [0, 0.05) is 56.5 Å². The van der Waals surface area contributed by atoms with Gasteiger partial charge in [-0.1, -0.05) is 13.3 Å². The summed E-state index contributed by atoms with van der Waals surface area (Å²) in [6.07, 6.45) is 10.1. The second-order valence-electron chi connectivity index (χ2n) is 11.4. The van der Waals surface area contributed by atoms with E-state index in [4.69, 9.17) is 9.72 Å². The molecule has 0 spiro atoms. The summed E-state index contributed by atoms with van der Waals surface area (Å²) in [5.74, 6) is 1.48.